The van der Waals surface area contributed by atoms with E-state index in [9.17, 15) is 5.11 Å². The third-order valence-corrected chi connectivity index (χ3v) is 6.01. The fourth-order valence-electron chi connectivity index (χ4n) is 3.18. The molecule has 0 spiro atoms. The smallest absolute Gasteiger partial charge is 0.0718 e. The number of aliphatic hydroxyl groups excluding tert-OH is 1. The summed E-state index contributed by atoms with van der Waals surface area (Å²) in [6, 6.07) is 10.6. The van der Waals surface area contributed by atoms with Gasteiger partial charge in [0.2, 0.25) is 0 Å². The van der Waals surface area contributed by atoms with E-state index in [-0.39, 0.29) is 10.9 Å². The van der Waals surface area contributed by atoms with E-state index in [0.717, 1.165) is 0 Å². The van der Waals surface area contributed by atoms with Gasteiger partial charge in [0.25, 0.3) is 0 Å². The zero-order valence-electron chi connectivity index (χ0n) is 10.8. The molecule has 0 bridgehead atoms. The minimum absolute atomic E-state index is 0.0944. The van der Waals surface area contributed by atoms with E-state index in [1.54, 1.807) is 0 Å². The van der Waals surface area contributed by atoms with Crippen molar-refractivity contribution < 1.29 is 5.11 Å². The molecule has 1 unspecified atom stereocenters. The Kier molecular flexibility index (Phi) is 3.67. The summed E-state index contributed by atoms with van der Waals surface area (Å²) in [6.07, 6.45) is 8.73. The predicted octanol–water partition coefficient (Wildman–Crippen LogP) is 4.25. The molecule has 2 heteroatoms. The molecule has 3 rings (SSSR count). The zero-order valence-corrected chi connectivity index (χ0v) is 11.7. The summed E-state index contributed by atoms with van der Waals surface area (Å²) in [7, 11) is 0. The van der Waals surface area contributed by atoms with E-state index in [1.807, 2.05) is 11.8 Å². The lowest BCUT2D eigenvalue weighted by molar-refractivity contribution is 0.0765. The third kappa shape index (κ3) is 2.60. The van der Waals surface area contributed by atoms with Crippen LogP contribution in [0.5, 0.6) is 0 Å². The lowest BCUT2D eigenvalue weighted by Crippen LogP contribution is -2.34. The first kappa shape index (κ1) is 12.6. The Morgan fingerprint density at radius 3 is 2.33 bits per heavy atom. The van der Waals surface area contributed by atoms with Gasteiger partial charge in [-0.1, -0.05) is 37.5 Å². The maximum atomic E-state index is 10.7. The normalized spacial score (nSPS) is 24.7. The van der Waals surface area contributed by atoms with Crippen LogP contribution >= 0.6 is 11.8 Å². The molecule has 18 heavy (non-hydrogen) atoms. The second kappa shape index (κ2) is 5.26. The molecule has 1 aromatic rings. The fraction of sp³-hybridized carbons (Fsp3) is 0.625. The first-order valence-corrected chi connectivity index (χ1v) is 8.04. The highest BCUT2D eigenvalue weighted by Crippen LogP contribution is 2.56. The lowest BCUT2D eigenvalue weighted by Gasteiger charge is -2.32. The van der Waals surface area contributed by atoms with Gasteiger partial charge in [-0.15, -0.1) is 11.8 Å². The molecule has 1 N–H and O–H groups in total. The zero-order chi connectivity index (χ0) is 12.4. The maximum absolute atomic E-state index is 10.7. The Hall–Kier alpha value is -0.470. The topological polar surface area (TPSA) is 20.2 Å². The third-order valence-electron chi connectivity index (χ3n) is 4.44. The van der Waals surface area contributed by atoms with Gasteiger partial charge in [0.1, 0.15) is 0 Å². The molecule has 98 valence electrons. The fourth-order valence-corrected chi connectivity index (χ4v) is 4.57. The van der Waals surface area contributed by atoms with Gasteiger partial charge in [-0.3, -0.25) is 0 Å². The van der Waals surface area contributed by atoms with E-state index in [2.05, 4.69) is 30.3 Å². The van der Waals surface area contributed by atoms with E-state index < -0.39 is 0 Å². The molecule has 1 aromatic carbocycles. The van der Waals surface area contributed by atoms with Crippen LogP contribution in [-0.4, -0.2) is 16.0 Å². The first-order chi connectivity index (χ1) is 8.80. The van der Waals surface area contributed by atoms with Crippen LogP contribution in [0.1, 0.15) is 44.9 Å². The van der Waals surface area contributed by atoms with Crippen molar-refractivity contribution in [3.63, 3.8) is 0 Å². The molecule has 2 aliphatic rings. The first-order valence-electron chi connectivity index (χ1n) is 7.22. The molecule has 2 aliphatic carbocycles. The summed E-state index contributed by atoms with van der Waals surface area (Å²) in [5.41, 5.74) is 0. The van der Waals surface area contributed by atoms with Gasteiger partial charge in [0, 0.05) is 9.64 Å². The van der Waals surface area contributed by atoms with Gasteiger partial charge in [-0.2, -0.15) is 0 Å². The van der Waals surface area contributed by atoms with Gasteiger partial charge >= 0.3 is 0 Å². The minimum atomic E-state index is -0.0944. The number of hydrogen-bond acceptors (Lipinski definition) is 2. The average molecular weight is 262 g/mol. The Morgan fingerprint density at radius 1 is 1.06 bits per heavy atom. The van der Waals surface area contributed by atoms with Crippen molar-refractivity contribution >= 4 is 11.8 Å². The largest absolute Gasteiger partial charge is 0.391 e. The molecule has 0 aliphatic heterocycles. The van der Waals surface area contributed by atoms with Crippen molar-refractivity contribution in [3.05, 3.63) is 30.3 Å². The van der Waals surface area contributed by atoms with Crippen LogP contribution in [0.25, 0.3) is 0 Å². The van der Waals surface area contributed by atoms with Crippen LogP contribution in [0.15, 0.2) is 35.2 Å². The Balaban J connectivity index is 1.66. The molecule has 1 atom stereocenters. The highest BCUT2D eigenvalue weighted by Gasteiger charge is 2.52. The number of aliphatic hydroxyl groups is 1. The molecule has 0 aromatic heterocycles. The monoisotopic (exact) mass is 262 g/mol. The lowest BCUT2D eigenvalue weighted by atomic mass is 9.83. The van der Waals surface area contributed by atoms with Crippen molar-refractivity contribution in [3.8, 4) is 0 Å². The molecule has 0 saturated heterocycles. The second-order valence-electron chi connectivity index (χ2n) is 5.82. The van der Waals surface area contributed by atoms with Crippen LogP contribution in [0.3, 0.4) is 0 Å². The molecular weight excluding hydrogens is 240 g/mol. The SMILES string of the molecule is OC(C1CCCCC1)C1(Sc2ccccc2)CC1. The van der Waals surface area contributed by atoms with E-state index in [1.165, 1.54) is 49.8 Å². The van der Waals surface area contributed by atoms with Crippen molar-refractivity contribution in [1.82, 2.24) is 0 Å². The molecule has 2 saturated carbocycles. The van der Waals surface area contributed by atoms with Crippen molar-refractivity contribution in [2.45, 2.75) is 60.7 Å². The van der Waals surface area contributed by atoms with Gasteiger partial charge in [-0.05, 0) is 43.7 Å². The highest BCUT2D eigenvalue weighted by molar-refractivity contribution is 8.01. The predicted molar refractivity (Wildman–Crippen MR) is 76.8 cm³/mol. The summed E-state index contributed by atoms with van der Waals surface area (Å²) in [4.78, 5) is 1.31. The van der Waals surface area contributed by atoms with Gasteiger partial charge in [0.15, 0.2) is 0 Å². The van der Waals surface area contributed by atoms with Crippen LogP contribution in [-0.2, 0) is 0 Å². The maximum Gasteiger partial charge on any atom is 0.0718 e. The molecule has 0 amide bonds. The summed E-state index contributed by atoms with van der Waals surface area (Å²) >= 11 is 1.91. The van der Waals surface area contributed by atoms with Gasteiger partial charge in [0.05, 0.1) is 6.10 Å². The van der Waals surface area contributed by atoms with Crippen LogP contribution in [0, 0.1) is 5.92 Å². The summed E-state index contributed by atoms with van der Waals surface area (Å²) in [6.45, 7) is 0. The Labute approximate surface area is 114 Å². The number of hydrogen-bond donors (Lipinski definition) is 1. The van der Waals surface area contributed by atoms with E-state index in [4.69, 9.17) is 0 Å². The second-order valence-corrected chi connectivity index (χ2v) is 7.31. The van der Waals surface area contributed by atoms with Crippen LogP contribution < -0.4 is 0 Å². The number of rotatable bonds is 4. The van der Waals surface area contributed by atoms with Crippen LogP contribution in [0.2, 0.25) is 0 Å². The van der Waals surface area contributed by atoms with Crippen molar-refractivity contribution in [1.29, 1.82) is 0 Å². The van der Waals surface area contributed by atoms with Crippen LogP contribution in [0.4, 0.5) is 0 Å². The molecular formula is C16H22OS. The van der Waals surface area contributed by atoms with E-state index in [0.29, 0.717) is 5.92 Å². The van der Waals surface area contributed by atoms with Gasteiger partial charge < -0.3 is 5.11 Å². The quantitative estimate of drug-likeness (QED) is 0.875. The summed E-state index contributed by atoms with van der Waals surface area (Å²) in [5.74, 6) is 0.553. The van der Waals surface area contributed by atoms with Crippen molar-refractivity contribution in [2.24, 2.45) is 5.92 Å². The average Bonchev–Trinajstić information content (AvgIpc) is 3.21. The molecule has 0 radical (unpaired) electrons. The molecule has 0 heterocycles. The molecule has 2 fully saturated rings. The standard InChI is InChI=1S/C16H22OS/c17-15(13-7-3-1-4-8-13)16(11-12-16)18-14-9-5-2-6-10-14/h2,5-6,9-10,13,15,17H,1,3-4,7-8,11-12H2. The highest BCUT2D eigenvalue weighted by atomic mass is 32.2. The Bertz CT molecular complexity index is 379. The number of thioether (sulfide) groups is 1. The number of benzene rings is 1. The molecule has 1 nitrogen and oxygen atoms in total. The summed E-state index contributed by atoms with van der Waals surface area (Å²) < 4.78 is 0.142. The summed E-state index contributed by atoms with van der Waals surface area (Å²) in [5, 5.41) is 10.7. The Morgan fingerprint density at radius 2 is 1.72 bits per heavy atom. The van der Waals surface area contributed by atoms with Crippen molar-refractivity contribution in [2.75, 3.05) is 0 Å². The van der Waals surface area contributed by atoms with Gasteiger partial charge in [-0.25, -0.2) is 0 Å². The van der Waals surface area contributed by atoms with E-state index >= 15 is 0 Å². The minimum Gasteiger partial charge on any atom is -0.391 e.